The third-order valence-corrected chi connectivity index (χ3v) is 12.8. The molecule has 210 valence electrons. The Morgan fingerprint density at radius 1 is 1.08 bits per heavy atom. The fraction of sp³-hybridized carbons (Fsp3) is 0.455. The number of amides is 1. The van der Waals surface area contributed by atoms with Crippen molar-refractivity contribution in [3.05, 3.63) is 84.5 Å². The van der Waals surface area contributed by atoms with Gasteiger partial charge in [0.25, 0.3) is 8.32 Å². The summed E-state index contributed by atoms with van der Waals surface area (Å²) in [7, 11) is -2.70. The number of benzene rings is 2. The fourth-order valence-corrected chi connectivity index (χ4v) is 10.2. The third-order valence-electron chi connectivity index (χ3n) is 7.70. The number of nitrogens with one attached hydrogen (secondary N) is 1. The number of ether oxygens (including phenoxy) is 1. The lowest BCUT2D eigenvalue weighted by molar-refractivity contribution is -0.123. The summed E-state index contributed by atoms with van der Waals surface area (Å²) in [4.78, 5) is 23.9. The number of allylic oxidation sites excluding steroid dienone is 1. The molecule has 1 fully saturated rings. The summed E-state index contributed by atoms with van der Waals surface area (Å²) in [5.41, 5.74) is 0.716. The van der Waals surface area contributed by atoms with Crippen LogP contribution in [0.15, 0.2) is 84.5 Å². The molecule has 1 heterocycles. The zero-order valence-corrected chi connectivity index (χ0v) is 25.5. The predicted molar refractivity (Wildman–Crippen MR) is 162 cm³/mol. The molecule has 2 aromatic rings. The summed E-state index contributed by atoms with van der Waals surface area (Å²) in [5.74, 6) is 0.124. The standard InChI is InChI=1S/C33H45NO4Si/c1-24(23-35)18-20-31-25(2)22-30(27(4)37-31)34-32(36)21-19-26(3)38-39(33(5,6)7,28-14-10-8-11-15-28)29-16-12-9-13-17-29/h8-19,21,23,25-27,30-31H,20,22H2,1-7H3,(H,34,36)/b21-19-,24-18+/t25-,26-,27+,30+,31-/m0/s1. The van der Waals surface area contributed by atoms with Gasteiger partial charge in [0.15, 0.2) is 0 Å². The van der Waals surface area contributed by atoms with Crippen LogP contribution in [0.1, 0.15) is 61.3 Å². The van der Waals surface area contributed by atoms with Crippen molar-refractivity contribution < 1.29 is 18.8 Å². The number of carbonyl (C=O) groups is 2. The van der Waals surface area contributed by atoms with Crippen LogP contribution in [0.3, 0.4) is 0 Å². The van der Waals surface area contributed by atoms with Crippen LogP contribution >= 0.6 is 0 Å². The van der Waals surface area contributed by atoms with Gasteiger partial charge < -0.3 is 14.5 Å². The van der Waals surface area contributed by atoms with Crippen molar-refractivity contribution >= 4 is 30.9 Å². The fourth-order valence-electron chi connectivity index (χ4n) is 5.53. The Bertz CT molecular complexity index is 1100. The van der Waals surface area contributed by atoms with E-state index < -0.39 is 8.32 Å². The van der Waals surface area contributed by atoms with E-state index in [1.807, 2.05) is 38.1 Å². The molecule has 0 bridgehead atoms. The van der Waals surface area contributed by atoms with Gasteiger partial charge >= 0.3 is 0 Å². The van der Waals surface area contributed by atoms with Crippen LogP contribution in [0.2, 0.25) is 5.04 Å². The topological polar surface area (TPSA) is 64.6 Å². The van der Waals surface area contributed by atoms with Gasteiger partial charge in [-0.05, 0) is 60.5 Å². The second kappa shape index (κ2) is 13.5. The molecule has 6 heteroatoms. The molecule has 5 nitrogen and oxygen atoms in total. The summed E-state index contributed by atoms with van der Waals surface area (Å²) >= 11 is 0. The number of carbonyl (C=O) groups excluding carboxylic acids is 2. The second-order valence-electron chi connectivity index (χ2n) is 11.9. The molecule has 1 amide bonds. The van der Waals surface area contributed by atoms with E-state index >= 15 is 0 Å². The maximum absolute atomic E-state index is 13.0. The van der Waals surface area contributed by atoms with E-state index in [4.69, 9.17) is 9.16 Å². The van der Waals surface area contributed by atoms with Gasteiger partial charge in [-0.2, -0.15) is 0 Å². The Labute approximate surface area is 235 Å². The molecule has 0 spiro atoms. The quantitative estimate of drug-likeness (QED) is 0.248. The summed E-state index contributed by atoms with van der Waals surface area (Å²) < 4.78 is 13.3. The molecule has 0 radical (unpaired) electrons. The van der Waals surface area contributed by atoms with Gasteiger partial charge in [-0.1, -0.05) is 101 Å². The minimum Gasteiger partial charge on any atom is -0.401 e. The maximum Gasteiger partial charge on any atom is 0.261 e. The third kappa shape index (κ3) is 7.65. The molecular formula is C33H45NO4Si. The highest BCUT2D eigenvalue weighted by Crippen LogP contribution is 2.37. The summed E-state index contributed by atoms with van der Waals surface area (Å²) in [5, 5.41) is 5.43. The highest BCUT2D eigenvalue weighted by Gasteiger charge is 2.50. The van der Waals surface area contributed by atoms with Gasteiger partial charge in [-0.3, -0.25) is 9.59 Å². The highest BCUT2D eigenvalue weighted by atomic mass is 28.4. The first-order valence-electron chi connectivity index (χ1n) is 14.0. The zero-order chi connectivity index (χ0) is 28.6. The van der Waals surface area contributed by atoms with E-state index in [2.05, 4.69) is 81.5 Å². The number of rotatable bonds is 10. The first kappa shape index (κ1) is 30.7. The van der Waals surface area contributed by atoms with Crippen LogP contribution in [-0.4, -0.2) is 44.9 Å². The van der Waals surface area contributed by atoms with Gasteiger partial charge in [0.2, 0.25) is 5.91 Å². The molecule has 3 rings (SSSR count). The average Bonchev–Trinajstić information content (AvgIpc) is 2.91. The maximum atomic E-state index is 13.0. The van der Waals surface area contributed by atoms with Gasteiger partial charge in [-0.25, -0.2) is 0 Å². The predicted octanol–water partition coefficient (Wildman–Crippen LogP) is 5.34. The molecule has 0 saturated carbocycles. The van der Waals surface area contributed by atoms with Crippen molar-refractivity contribution in [3.8, 4) is 0 Å². The van der Waals surface area contributed by atoms with Crippen LogP contribution in [-0.2, 0) is 18.8 Å². The highest BCUT2D eigenvalue weighted by molar-refractivity contribution is 6.99. The van der Waals surface area contributed by atoms with Crippen LogP contribution < -0.4 is 15.7 Å². The van der Waals surface area contributed by atoms with E-state index in [1.165, 1.54) is 10.4 Å². The molecule has 1 N–H and O–H groups in total. The molecule has 0 aliphatic carbocycles. The minimum atomic E-state index is -2.70. The summed E-state index contributed by atoms with van der Waals surface area (Å²) in [6.07, 6.45) is 7.45. The monoisotopic (exact) mass is 547 g/mol. The van der Waals surface area contributed by atoms with Crippen LogP contribution in [0.25, 0.3) is 0 Å². The number of aldehydes is 1. The largest absolute Gasteiger partial charge is 0.401 e. The average molecular weight is 548 g/mol. The van der Waals surface area contributed by atoms with Crippen molar-refractivity contribution in [1.82, 2.24) is 5.32 Å². The van der Waals surface area contributed by atoms with Gasteiger partial charge in [0, 0.05) is 6.08 Å². The SMILES string of the molecule is C/C(C=O)=C\C[C@@H]1O[C@H](C)[C@H](NC(=O)/C=C\[C@H](C)O[Si](c2ccccc2)(c2ccccc2)C(C)(C)C)C[C@@H]1C. The lowest BCUT2D eigenvalue weighted by Crippen LogP contribution is -2.67. The van der Waals surface area contributed by atoms with E-state index in [9.17, 15) is 9.59 Å². The summed E-state index contributed by atoms with van der Waals surface area (Å²) in [6, 6.07) is 21.0. The van der Waals surface area contributed by atoms with Crippen molar-refractivity contribution in [2.24, 2.45) is 5.92 Å². The molecule has 1 saturated heterocycles. The Morgan fingerprint density at radius 2 is 1.64 bits per heavy atom. The first-order valence-corrected chi connectivity index (χ1v) is 15.9. The minimum absolute atomic E-state index is 0.0402. The lowest BCUT2D eigenvalue weighted by Gasteiger charge is -2.44. The van der Waals surface area contributed by atoms with Crippen molar-refractivity contribution in [3.63, 3.8) is 0 Å². The molecule has 0 unspecified atom stereocenters. The van der Waals surface area contributed by atoms with E-state index in [0.29, 0.717) is 12.0 Å². The van der Waals surface area contributed by atoms with Gasteiger partial charge in [-0.15, -0.1) is 0 Å². The molecule has 0 aromatic heterocycles. The van der Waals surface area contributed by atoms with Gasteiger partial charge in [0.05, 0.1) is 24.4 Å². The molecule has 2 aromatic carbocycles. The number of hydrogen-bond acceptors (Lipinski definition) is 4. The van der Waals surface area contributed by atoms with Crippen LogP contribution in [0.5, 0.6) is 0 Å². The van der Waals surface area contributed by atoms with E-state index in [1.54, 1.807) is 13.0 Å². The Kier molecular flexibility index (Phi) is 10.6. The molecule has 1 aliphatic heterocycles. The molecule has 1 aliphatic rings. The van der Waals surface area contributed by atoms with Crippen molar-refractivity contribution in [1.29, 1.82) is 0 Å². The zero-order valence-electron chi connectivity index (χ0n) is 24.5. The molecule has 39 heavy (non-hydrogen) atoms. The Morgan fingerprint density at radius 3 is 2.15 bits per heavy atom. The smallest absolute Gasteiger partial charge is 0.261 e. The Balaban J connectivity index is 1.72. The van der Waals surface area contributed by atoms with Crippen molar-refractivity contribution in [2.75, 3.05) is 0 Å². The van der Waals surface area contributed by atoms with E-state index in [0.717, 1.165) is 12.7 Å². The first-order chi connectivity index (χ1) is 18.5. The normalized spacial score (nSPS) is 23.4. The molecule has 5 atom stereocenters. The van der Waals surface area contributed by atoms with Crippen LogP contribution in [0, 0.1) is 5.92 Å². The van der Waals surface area contributed by atoms with Crippen LogP contribution in [0.4, 0.5) is 0 Å². The number of hydrogen-bond donors (Lipinski definition) is 1. The lowest BCUT2D eigenvalue weighted by atomic mass is 9.88. The summed E-state index contributed by atoms with van der Waals surface area (Å²) in [6.45, 7) is 14.7. The molecular weight excluding hydrogens is 502 g/mol. The Hall–Kier alpha value is -2.80. The second-order valence-corrected chi connectivity index (χ2v) is 16.1. The van der Waals surface area contributed by atoms with E-state index in [-0.39, 0.29) is 41.2 Å². The van der Waals surface area contributed by atoms with Crippen molar-refractivity contribution in [2.45, 2.75) is 90.7 Å². The van der Waals surface area contributed by atoms with Gasteiger partial charge in [0.1, 0.15) is 6.29 Å².